The lowest BCUT2D eigenvalue weighted by atomic mass is 9.84. The largest absolute Gasteiger partial charge is 0.480 e. The molecule has 0 radical (unpaired) electrons. The summed E-state index contributed by atoms with van der Waals surface area (Å²) in [7, 11) is 0. The number of carboxylic acid groups (broad SMARTS) is 1. The van der Waals surface area contributed by atoms with Crippen LogP contribution in [0.25, 0.3) is 11.1 Å². The molecule has 2 aromatic carbocycles. The highest BCUT2D eigenvalue weighted by Crippen LogP contribution is 2.36. The molecule has 2 aromatic rings. The maximum Gasteiger partial charge on any atom is 0.329 e. The van der Waals surface area contributed by atoms with E-state index in [1.54, 1.807) is 6.07 Å². The zero-order valence-electron chi connectivity index (χ0n) is 17.9. The lowest BCUT2D eigenvalue weighted by molar-refractivity contribution is -0.153. The van der Waals surface area contributed by atoms with Crippen LogP contribution in [0.2, 0.25) is 0 Å². The fraction of sp³-hybridized carbons (Fsp3) is 0.417. The molecule has 1 aliphatic heterocycles. The van der Waals surface area contributed by atoms with Crippen LogP contribution in [-0.2, 0) is 15.1 Å². The van der Waals surface area contributed by atoms with E-state index in [1.165, 1.54) is 0 Å². The number of benzene rings is 2. The van der Waals surface area contributed by atoms with Crippen molar-refractivity contribution in [2.24, 2.45) is 0 Å². The molecule has 3 rings (SSSR count). The van der Waals surface area contributed by atoms with Crippen molar-refractivity contribution in [3.8, 4) is 17.2 Å². The Morgan fingerprint density at radius 3 is 2.24 bits per heavy atom. The Kier molecular flexibility index (Phi) is 10.7. The van der Waals surface area contributed by atoms with Crippen molar-refractivity contribution in [3.05, 3.63) is 59.7 Å². The summed E-state index contributed by atoms with van der Waals surface area (Å²) in [6, 6.07) is 17.6. The molecule has 0 saturated carbocycles. The molecule has 0 amide bonds. The summed E-state index contributed by atoms with van der Waals surface area (Å²) in [5.41, 5.74) is 3.06. The Bertz CT molecular complexity index is 789. The molecule has 5 heteroatoms. The summed E-state index contributed by atoms with van der Waals surface area (Å²) in [6.07, 6.45) is 1.48. The number of nitrogens with one attached hydrogen (secondary N) is 1. The summed E-state index contributed by atoms with van der Waals surface area (Å²) in [6.45, 7) is 9.29. The molecular formula is C24H32N2O3. The summed E-state index contributed by atoms with van der Waals surface area (Å²) in [5.74, 6) is -0.956. The van der Waals surface area contributed by atoms with Crippen LogP contribution < -0.4 is 5.32 Å². The van der Waals surface area contributed by atoms with Gasteiger partial charge >= 0.3 is 5.97 Å². The fourth-order valence-electron chi connectivity index (χ4n) is 3.28. The standard InChI is InChI=1S/C20H20N2O3.2C2H6/c21-13-15-2-1-3-17(12-15)16-4-6-18(7-5-16)20(25-14-19(23)24)8-10-22-11-9-20;2*1-2/h1-7,12,22H,8-11,14H2,(H,23,24);2*1-2H3. The van der Waals surface area contributed by atoms with Gasteiger partial charge in [0.25, 0.3) is 0 Å². The molecule has 0 spiro atoms. The predicted molar refractivity (Wildman–Crippen MR) is 117 cm³/mol. The van der Waals surface area contributed by atoms with E-state index in [2.05, 4.69) is 11.4 Å². The summed E-state index contributed by atoms with van der Waals surface area (Å²) < 4.78 is 5.82. The van der Waals surface area contributed by atoms with Crippen molar-refractivity contribution in [1.29, 1.82) is 5.26 Å². The number of nitrogens with zero attached hydrogens (tertiary/aromatic N) is 1. The average molecular weight is 397 g/mol. The molecule has 0 unspecified atom stereocenters. The van der Waals surface area contributed by atoms with Gasteiger partial charge in [0.2, 0.25) is 0 Å². The van der Waals surface area contributed by atoms with Gasteiger partial charge in [-0.25, -0.2) is 4.79 Å². The first-order chi connectivity index (χ1) is 14.1. The molecule has 156 valence electrons. The van der Waals surface area contributed by atoms with Gasteiger partial charge in [0, 0.05) is 0 Å². The van der Waals surface area contributed by atoms with Crippen molar-refractivity contribution in [2.45, 2.75) is 46.1 Å². The second kappa shape index (κ2) is 12.7. The van der Waals surface area contributed by atoms with Crippen LogP contribution in [0.1, 0.15) is 51.7 Å². The van der Waals surface area contributed by atoms with E-state index in [0.29, 0.717) is 5.56 Å². The van der Waals surface area contributed by atoms with Gasteiger partial charge in [-0.15, -0.1) is 0 Å². The zero-order valence-corrected chi connectivity index (χ0v) is 17.9. The summed E-state index contributed by atoms with van der Waals surface area (Å²) in [4.78, 5) is 10.9. The van der Waals surface area contributed by atoms with Gasteiger partial charge in [0.1, 0.15) is 6.61 Å². The number of hydrogen-bond acceptors (Lipinski definition) is 4. The molecule has 5 nitrogen and oxygen atoms in total. The van der Waals surface area contributed by atoms with E-state index in [9.17, 15) is 4.79 Å². The molecule has 1 saturated heterocycles. The number of aliphatic carboxylic acids is 1. The molecule has 1 heterocycles. The van der Waals surface area contributed by atoms with E-state index >= 15 is 0 Å². The number of ether oxygens (including phenoxy) is 1. The number of piperidine rings is 1. The van der Waals surface area contributed by atoms with Crippen molar-refractivity contribution in [3.63, 3.8) is 0 Å². The molecular weight excluding hydrogens is 364 g/mol. The third-order valence-corrected chi connectivity index (χ3v) is 4.62. The average Bonchev–Trinajstić information content (AvgIpc) is 2.81. The van der Waals surface area contributed by atoms with Crippen LogP contribution in [0.3, 0.4) is 0 Å². The Labute approximate surface area is 174 Å². The third-order valence-electron chi connectivity index (χ3n) is 4.62. The fourth-order valence-corrected chi connectivity index (χ4v) is 3.28. The highest BCUT2D eigenvalue weighted by molar-refractivity contribution is 5.68. The molecule has 0 aliphatic carbocycles. The van der Waals surface area contributed by atoms with Crippen LogP contribution in [0.15, 0.2) is 48.5 Å². The van der Waals surface area contributed by atoms with E-state index in [-0.39, 0.29) is 6.61 Å². The van der Waals surface area contributed by atoms with E-state index < -0.39 is 11.6 Å². The Balaban J connectivity index is 0.000000989. The number of nitriles is 1. The van der Waals surface area contributed by atoms with Gasteiger partial charge in [-0.2, -0.15) is 5.26 Å². The quantitative estimate of drug-likeness (QED) is 0.746. The highest BCUT2D eigenvalue weighted by Gasteiger charge is 2.35. The second-order valence-electron chi connectivity index (χ2n) is 6.20. The summed E-state index contributed by atoms with van der Waals surface area (Å²) >= 11 is 0. The number of carboxylic acids is 1. The number of rotatable bonds is 5. The van der Waals surface area contributed by atoms with Crippen molar-refractivity contribution in [2.75, 3.05) is 19.7 Å². The van der Waals surface area contributed by atoms with E-state index in [4.69, 9.17) is 15.1 Å². The Morgan fingerprint density at radius 2 is 1.69 bits per heavy atom. The minimum atomic E-state index is -0.956. The van der Waals surface area contributed by atoms with Crippen molar-refractivity contribution >= 4 is 5.97 Å². The maximum absolute atomic E-state index is 10.9. The van der Waals surface area contributed by atoms with Crippen LogP contribution in [0, 0.1) is 11.3 Å². The molecule has 29 heavy (non-hydrogen) atoms. The van der Waals surface area contributed by atoms with Crippen LogP contribution >= 0.6 is 0 Å². The molecule has 0 atom stereocenters. The lowest BCUT2D eigenvalue weighted by Gasteiger charge is -2.37. The van der Waals surface area contributed by atoms with E-state index in [1.807, 2.05) is 70.2 Å². The molecule has 2 N–H and O–H groups in total. The molecule has 1 fully saturated rings. The predicted octanol–water partition coefficient (Wildman–Crippen LogP) is 4.96. The van der Waals surface area contributed by atoms with Crippen LogP contribution in [0.4, 0.5) is 0 Å². The zero-order chi connectivity index (χ0) is 21.7. The highest BCUT2D eigenvalue weighted by atomic mass is 16.5. The van der Waals surface area contributed by atoms with E-state index in [0.717, 1.165) is 42.6 Å². The van der Waals surface area contributed by atoms with Crippen molar-refractivity contribution < 1.29 is 14.6 Å². The molecule has 0 aromatic heterocycles. The topological polar surface area (TPSA) is 82.3 Å². The summed E-state index contributed by atoms with van der Waals surface area (Å²) in [5, 5.41) is 21.3. The van der Waals surface area contributed by atoms with Gasteiger partial charge in [-0.05, 0) is 54.8 Å². The Hall–Kier alpha value is -2.68. The maximum atomic E-state index is 10.9. The number of hydrogen-bond donors (Lipinski definition) is 2. The normalized spacial score (nSPS) is 14.3. The first-order valence-corrected chi connectivity index (χ1v) is 10.3. The van der Waals surface area contributed by atoms with Gasteiger partial charge in [-0.1, -0.05) is 64.1 Å². The van der Waals surface area contributed by atoms with Gasteiger partial charge in [-0.3, -0.25) is 0 Å². The van der Waals surface area contributed by atoms with Crippen LogP contribution in [-0.4, -0.2) is 30.8 Å². The minimum Gasteiger partial charge on any atom is -0.480 e. The second-order valence-corrected chi connectivity index (χ2v) is 6.20. The third kappa shape index (κ3) is 6.70. The lowest BCUT2D eigenvalue weighted by Crippen LogP contribution is -2.42. The van der Waals surface area contributed by atoms with Gasteiger partial charge in [0.05, 0.1) is 17.2 Å². The minimum absolute atomic E-state index is 0.300. The van der Waals surface area contributed by atoms with Crippen LogP contribution in [0.5, 0.6) is 0 Å². The van der Waals surface area contributed by atoms with Crippen molar-refractivity contribution in [1.82, 2.24) is 5.32 Å². The Morgan fingerprint density at radius 1 is 1.07 bits per heavy atom. The molecule has 0 bridgehead atoms. The SMILES string of the molecule is CC.CC.N#Cc1cccc(-c2ccc(C3(OCC(=O)O)CCNCC3)cc2)c1. The first-order valence-electron chi connectivity index (χ1n) is 10.3. The molecule has 1 aliphatic rings. The first kappa shape index (κ1) is 24.4. The monoisotopic (exact) mass is 396 g/mol. The number of carbonyl (C=O) groups is 1. The van der Waals surface area contributed by atoms with Gasteiger partial charge in [0.15, 0.2) is 0 Å². The smallest absolute Gasteiger partial charge is 0.329 e. The van der Waals surface area contributed by atoms with Gasteiger partial charge < -0.3 is 15.2 Å².